The van der Waals surface area contributed by atoms with Crippen molar-refractivity contribution in [2.75, 3.05) is 5.32 Å². The van der Waals surface area contributed by atoms with Crippen molar-refractivity contribution in [2.45, 2.75) is 13.0 Å². The molecule has 24 heavy (non-hydrogen) atoms. The number of nitrogens with zero attached hydrogens (tertiary/aromatic N) is 3. The second kappa shape index (κ2) is 7.10. The Morgan fingerprint density at radius 2 is 2.12 bits per heavy atom. The maximum Gasteiger partial charge on any atom is 0.250 e. The summed E-state index contributed by atoms with van der Waals surface area (Å²) in [4.78, 5) is 27.7. The van der Waals surface area contributed by atoms with Gasteiger partial charge in [0.2, 0.25) is 11.9 Å². The monoisotopic (exact) mass is 343 g/mol. The second-order valence-corrected chi connectivity index (χ2v) is 5.48. The van der Waals surface area contributed by atoms with E-state index in [9.17, 15) is 9.59 Å². The molecule has 0 aliphatic carbocycles. The Bertz CT molecular complexity index is 918. The van der Waals surface area contributed by atoms with Crippen LogP contribution in [0.3, 0.4) is 0 Å². The van der Waals surface area contributed by atoms with Crippen LogP contribution in [0.25, 0.3) is 11.4 Å². The molecule has 0 saturated heterocycles. The fourth-order valence-corrected chi connectivity index (χ4v) is 2.33. The molecule has 0 fully saturated rings. The molecule has 0 unspecified atom stereocenters. The van der Waals surface area contributed by atoms with Crippen LogP contribution in [-0.4, -0.2) is 25.7 Å². The van der Waals surface area contributed by atoms with Crippen molar-refractivity contribution in [3.63, 3.8) is 0 Å². The number of nitrogens with one attached hydrogen (secondary N) is 2. The van der Waals surface area contributed by atoms with E-state index in [1.54, 1.807) is 36.5 Å². The smallest absolute Gasteiger partial charge is 0.250 e. The van der Waals surface area contributed by atoms with Gasteiger partial charge in [-0.25, -0.2) is 0 Å². The number of pyridine rings is 1. The summed E-state index contributed by atoms with van der Waals surface area (Å²) in [7, 11) is 0. The quantitative estimate of drug-likeness (QED) is 0.743. The molecule has 2 N–H and O–H groups in total. The number of carbonyl (C=O) groups excluding carboxylic acids is 1. The summed E-state index contributed by atoms with van der Waals surface area (Å²) < 4.78 is 1.47. The lowest BCUT2D eigenvalue weighted by molar-refractivity contribution is -0.116. The van der Waals surface area contributed by atoms with Crippen LogP contribution < -0.4 is 10.9 Å². The van der Waals surface area contributed by atoms with Crippen LogP contribution >= 0.6 is 11.6 Å². The predicted molar refractivity (Wildman–Crippen MR) is 90.8 cm³/mol. The lowest BCUT2D eigenvalue weighted by atomic mass is 10.2. The molecule has 3 aromatic rings. The van der Waals surface area contributed by atoms with Gasteiger partial charge in [0, 0.05) is 35.8 Å². The Kier molecular flexibility index (Phi) is 4.72. The summed E-state index contributed by atoms with van der Waals surface area (Å²) in [5.41, 5.74) is 0.623. The molecule has 8 heteroatoms. The Labute approximate surface area is 142 Å². The summed E-state index contributed by atoms with van der Waals surface area (Å²) in [6.45, 7) is 0.289. The third kappa shape index (κ3) is 3.88. The van der Waals surface area contributed by atoms with Crippen molar-refractivity contribution in [1.29, 1.82) is 0 Å². The van der Waals surface area contributed by atoms with Crippen LogP contribution in [-0.2, 0) is 11.3 Å². The fourth-order valence-electron chi connectivity index (χ4n) is 2.14. The first-order valence-corrected chi connectivity index (χ1v) is 7.63. The van der Waals surface area contributed by atoms with E-state index >= 15 is 0 Å². The lowest BCUT2D eigenvalue weighted by Crippen LogP contribution is -2.22. The zero-order valence-electron chi connectivity index (χ0n) is 12.6. The summed E-state index contributed by atoms with van der Waals surface area (Å²) in [6.07, 6.45) is 1.78. The minimum Gasteiger partial charge on any atom is -0.315 e. The molecule has 0 bridgehead atoms. The van der Waals surface area contributed by atoms with Crippen LogP contribution in [0.1, 0.15) is 6.42 Å². The van der Waals surface area contributed by atoms with E-state index in [-0.39, 0.29) is 30.4 Å². The molecule has 7 nitrogen and oxygen atoms in total. The molecular weight excluding hydrogens is 330 g/mol. The molecule has 0 aliphatic heterocycles. The summed E-state index contributed by atoms with van der Waals surface area (Å²) in [5, 5.41) is 9.88. The first kappa shape index (κ1) is 15.9. The lowest BCUT2D eigenvalue weighted by Gasteiger charge is -2.04. The van der Waals surface area contributed by atoms with E-state index in [4.69, 9.17) is 11.6 Å². The Morgan fingerprint density at radius 3 is 2.92 bits per heavy atom. The molecule has 0 radical (unpaired) electrons. The minimum atomic E-state index is -0.276. The van der Waals surface area contributed by atoms with Gasteiger partial charge in [0.05, 0.1) is 0 Å². The van der Waals surface area contributed by atoms with Gasteiger partial charge in [0.25, 0.3) is 5.56 Å². The maximum atomic E-state index is 12.0. The highest BCUT2D eigenvalue weighted by atomic mass is 35.5. The third-order valence-corrected chi connectivity index (χ3v) is 3.55. The van der Waals surface area contributed by atoms with Crippen molar-refractivity contribution in [3.8, 4) is 11.4 Å². The highest BCUT2D eigenvalue weighted by molar-refractivity contribution is 6.30. The van der Waals surface area contributed by atoms with E-state index in [0.29, 0.717) is 10.8 Å². The van der Waals surface area contributed by atoms with Gasteiger partial charge in [-0.3, -0.25) is 20.0 Å². The van der Waals surface area contributed by atoms with E-state index in [1.165, 1.54) is 10.6 Å². The summed E-state index contributed by atoms with van der Waals surface area (Å²) in [5.74, 6) is 0.407. The summed E-state index contributed by atoms with van der Waals surface area (Å²) in [6, 6.07) is 12.0. The molecule has 3 rings (SSSR count). The number of anilines is 1. The molecule has 0 aliphatic rings. The predicted octanol–water partition coefficient (Wildman–Crippen LogP) is 2.32. The molecule has 0 saturated carbocycles. The second-order valence-electron chi connectivity index (χ2n) is 5.05. The number of hydrogen-bond acceptors (Lipinski definition) is 4. The van der Waals surface area contributed by atoms with Gasteiger partial charge in [-0.15, -0.1) is 5.10 Å². The van der Waals surface area contributed by atoms with Crippen LogP contribution in [0.2, 0.25) is 5.02 Å². The number of H-pyrrole nitrogens is 1. The van der Waals surface area contributed by atoms with Gasteiger partial charge < -0.3 is 4.57 Å². The van der Waals surface area contributed by atoms with Gasteiger partial charge >= 0.3 is 0 Å². The Hall–Kier alpha value is -2.93. The van der Waals surface area contributed by atoms with Crippen LogP contribution in [0.15, 0.2) is 53.5 Å². The highest BCUT2D eigenvalue weighted by Gasteiger charge is 2.09. The molecule has 1 amide bonds. The average molecular weight is 344 g/mol. The first-order chi connectivity index (χ1) is 11.6. The molecule has 122 valence electrons. The number of amides is 1. The SMILES string of the molecule is O=C(CCn1ccccc1=O)Nc1n[nH]c(-c2cccc(Cl)c2)n1. The Morgan fingerprint density at radius 1 is 1.25 bits per heavy atom. The van der Waals surface area contributed by atoms with Gasteiger partial charge in [-0.2, -0.15) is 4.98 Å². The third-order valence-electron chi connectivity index (χ3n) is 3.31. The van der Waals surface area contributed by atoms with Gasteiger partial charge in [-0.05, 0) is 18.2 Å². The van der Waals surface area contributed by atoms with Crippen molar-refractivity contribution in [3.05, 3.63) is 64.0 Å². The van der Waals surface area contributed by atoms with Crippen LogP contribution in [0.4, 0.5) is 5.95 Å². The molecular formula is C16H14ClN5O2. The van der Waals surface area contributed by atoms with Gasteiger partial charge in [0.1, 0.15) is 0 Å². The van der Waals surface area contributed by atoms with E-state index in [1.807, 2.05) is 6.07 Å². The minimum absolute atomic E-state index is 0.144. The number of aromatic nitrogens is 4. The number of aromatic amines is 1. The zero-order chi connectivity index (χ0) is 16.9. The fraction of sp³-hybridized carbons (Fsp3) is 0.125. The first-order valence-electron chi connectivity index (χ1n) is 7.25. The number of hydrogen-bond donors (Lipinski definition) is 2. The normalized spacial score (nSPS) is 10.5. The summed E-state index contributed by atoms with van der Waals surface area (Å²) >= 11 is 5.94. The Balaban J connectivity index is 1.61. The number of aryl methyl sites for hydroxylation is 1. The van der Waals surface area contributed by atoms with E-state index in [0.717, 1.165) is 5.56 Å². The number of halogens is 1. The van der Waals surface area contributed by atoms with E-state index in [2.05, 4.69) is 20.5 Å². The van der Waals surface area contributed by atoms with Gasteiger partial charge in [-0.1, -0.05) is 29.8 Å². The van der Waals surface area contributed by atoms with E-state index < -0.39 is 0 Å². The maximum absolute atomic E-state index is 12.0. The standard InChI is InChI=1S/C16H14ClN5O2/c17-12-5-3-4-11(10-12)15-19-16(21-20-15)18-13(23)7-9-22-8-2-1-6-14(22)24/h1-6,8,10H,7,9H2,(H2,18,19,20,21,23). The van der Waals surface area contributed by atoms with Crippen molar-refractivity contribution >= 4 is 23.5 Å². The number of rotatable bonds is 5. The number of benzene rings is 1. The zero-order valence-corrected chi connectivity index (χ0v) is 13.3. The topological polar surface area (TPSA) is 92.7 Å². The van der Waals surface area contributed by atoms with Crippen LogP contribution in [0.5, 0.6) is 0 Å². The van der Waals surface area contributed by atoms with Crippen molar-refractivity contribution < 1.29 is 4.79 Å². The largest absolute Gasteiger partial charge is 0.315 e. The molecule has 0 atom stereocenters. The molecule has 0 spiro atoms. The van der Waals surface area contributed by atoms with Crippen molar-refractivity contribution in [2.24, 2.45) is 0 Å². The molecule has 2 heterocycles. The highest BCUT2D eigenvalue weighted by Crippen LogP contribution is 2.19. The number of carbonyl (C=O) groups is 1. The molecule has 2 aromatic heterocycles. The molecule has 1 aromatic carbocycles. The van der Waals surface area contributed by atoms with Gasteiger partial charge in [0.15, 0.2) is 5.82 Å². The average Bonchev–Trinajstić information content (AvgIpc) is 3.02. The van der Waals surface area contributed by atoms with Crippen molar-refractivity contribution in [1.82, 2.24) is 19.7 Å². The van der Waals surface area contributed by atoms with Crippen LogP contribution in [0, 0.1) is 0 Å².